The van der Waals surface area contributed by atoms with Crippen LogP contribution in [0.25, 0.3) is 0 Å². The van der Waals surface area contributed by atoms with Crippen molar-refractivity contribution in [2.75, 3.05) is 6.61 Å². The Morgan fingerprint density at radius 1 is 0.654 bits per heavy atom. The van der Waals surface area contributed by atoms with Crippen LogP contribution in [-0.2, 0) is 14.3 Å². The van der Waals surface area contributed by atoms with Gasteiger partial charge >= 0.3 is 35.5 Å². The summed E-state index contributed by atoms with van der Waals surface area (Å²) in [5.74, 6) is -1.07. The zero-order valence-electron chi connectivity index (χ0n) is 17.4. The van der Waals surface area contributed by atoms with Gasteiger partial charge in [0.05, 0.1) is 6.61 Å². The van der Waals surface area contributed by atoms with E-state index in [0.717, 1.165) is 38.5 Å². The van der Waals surface area contributed by atoms with Crippen molar-refractivity contribution >= 4 is 11.9 Å². The van der Waals surface area contributed by atoms with Crippen LogP contribution in [0.15, 0.2) is 0 Å². The Balaban J connectivity index is 0. The van der Waals surface area contributed by atoms with Gasteiger partial charge in [-0.1, -0.05) is 84.0 Å². The van der Waals surface area contributed by atoms with E-state index in [-0.39, 0.29) is 41.9 Å². The summed E-state index contributed by atoms with van der Waals surface area (Å²) in [5, 5.41) is 10.3. The second-order valence-electron chi connectivity index (χ2n) is 7.04. The first-order valence-corrected chi connectivity index (χ1v) is 10.5. The third kappa shape index (κ3) is 23.9. The third-order valence-corrected chi connectivity index (χ3v) is 4.52. The predicted molar refractivity (Wildman–Crippen MR) is 100 cm³/mol. The molecule has 26 heavy (non-hydrogen) atoms. The van der Waals surface area contributed by atoms with E-state index < -0.39 is 5.97 Å². The van der Waals surface area contributed by atoms with Crippen LogP contribution in [0.2, 0.25) is 0 Å². The van der Waals surface area contributed by atoms with Gasteiger partial charge in [-0.3, -0.25) is 4.79 Å². The van der Waals surface area contributed by atoms with Crippen LogP contribution in [0.5, 0.6) is 0 Å². The maximum atomic E-state index is 11.6. The Morgan fingerprint density at radius 3 is 1.58 bits per heavy atom. The summed E-state index contributed by atoms with van der Waals surface area (Å²) in [5.41, 5.74) is 0. The van der Waals surface area contributed by atoms with E-state index in [1.807, 2.05) is 0 Å². The quantitative estimate of drug-likeness (QED) is 0.196. The van der Waals surface area contributed by atoms with Gasteiger partial charge in [-0.05, 0) is 25.7 Å². The van der Waals surface area contributed by atoms with Crippen LogP contribution in [-0.4, -0.2) is 18.5 Å². The van der Waals surface area contributed by atoms with Gasteiger partial charge in [-0.15, -0.1) is 0 Å². The number of rotatable bonds is 19. The number of aliphatic carboxylic acids is 1. The molecule has 0 saturated carbocycles. The van der Waals surface area contributed by atoms with Gasteiger partial charge in [0.15, 0.2) is 0 Å². The third-order valence-electron chi connectivity index (χ3n) is 4.52. The van der Waals surface area contributed by atoms with Crippen LogP contribution >= 0.6 is 0 Å². The number of carbonyl (C=O) groups is 2. The fraction of sp³-hybridized carbons (Fsp3) is 0.905. The molecule has 0 heterocycles. The zero-order chi connectivity index (χ0) is 18.6. The summed E-state index contributed by atoms with van der Waals surface area (Å²) in [6.45, 7) is 2.80. The fourth-order valence-electron chi connectivity index (χ4n) is 2.92. The van der Waals surface area contributed by atoms with E-state index in [9.17, 15) is 14.7 Å². The SMILES string of the molecule is CCCCCCCCCCCCOC(=O)CCCCCCCC(=O)[O-].[Na+]. The van der Waals surface area contributed by atoms with Crippen molar-refractivity contribution in [3.63, 3.8) is 0 Å². The molecule has 0 atom stereocenters. The fourth-order valence-corrected chi connectivity index (χ4v) is 2.92. The first-order valence-electron chi connectivity index (χ1n) is 10.5. The molecule has 0 fully saturated rings. The van der Waals surface area contributed by atoms with E-state index in [4.69, 9.17) is 4.74 Å². The molecule has 0 bridgehead atoms. The molecule has 0 aliphatic heterocycles. The van der Waals surface area contributed by atoms with Crippen molar-refractivity contribution in [2.45, 2.75) is 116 Å². The first kappa shape index (κ1) is 28.2. The molecule has 0 aliphatic rings. The second-order valence-corrected chi connectivity index (χ2v) is 7.04. The van der Waals surface area contributed by atoms with Crippen molar-refractivity contribution in [3.8, 4) is 0 Å². The Hall–Kier alpha value is -0.0600. The molecule has 0 unspecified atom stereocenters. The Kier molecular flexibility index (Phi) is 24.9. The molecule has 0 radical (unpaired) electrons. The van der Waals surface area contributed by atoms with Crippen LogP contribution in [0.4, 0.5) is 0 Å². The van der Waals surface area contributed by atoms with Gasteiger partial charge in [-0.25, -0.2) is 0 Å². The summed E-state index contributed by atoms with van der Waals surface area (Å²) in [6, 6.07) is 0. The normalized spacial score (nSPS) is 10.3. The number of hydrogen-bond acceptors (Lipinski definition) is 4. The number of carboxylic acid groups (broad SMARTS) is 1. The minimum atomic E-state index is -0.976. The minimum absolute atomic E-state index is 0. The van der Waals surface area contributed by atoms with Gasteiger partial charge in [0.25, 0.3) is 0 Å². The molecule has 0 aliphatic carbocycles. The Labute approximate surface area is 183 Å². The van der Waals surface area contributed by atoms with Crippen molar-refractivity contribution in [1.29, 1.82) is 0 Å². The largest absolute Gasteiger partial charge is 1.00 e. The van der Waals surface area contributed by atoms with Crippen molar-refractivity contribution in [1.82, 2.24) is 0 Å². The molecule has 0 rings (SSSR count). The number of hydrogen-bond donors (Lipinski definition) is 0. The van der Waals surface area contributed by atoms with Crippen LogP contribution in [0.3, 0.4) is 0 Å². The number of ether oxygens (including phenoxy) is 1. The van der Waals surface area contributed by atoms with Crippen molar-refractivity contribution in [3.05, 3.63) is 0 Å². The molecule has 0 saturated heterocycles. The summed E-state index contributed by atoms with van der Waals surface area (Å²) in [7, 11) is 0. The second kappa shape index (κ2) is 23.0. The molecule has 4 nitrogen and oxygen atoms in total. The smallest absolute Gasteiger partial charge is 0.550 e. The molecular formula is C21H39NaO4. The standard InChI is InChI=1S/C21H40O4.Na/c1-2-3-4-5-6-7-8-9-13-16-19-25-21(24)18-15-12-10-11-14-17-20(22)23;/h2-19H2,1H3,(H,22,23);/q;+1/p-1. The molecule has 0 N–H and O–H groups in total. The van der Waals surface area contributed by atoms with Gasteiger partial charge < -0.3 is 14.6 Å². The van der Waals surface area contributed by atoms with Gasteiger partial charge in [0.2, 0.25) is 0 Å². The van der Waals surface area contributed by atoms with Crippen LogP contribution < -0.4 is 34.7 Å². The molecular weight excluding hydrogens is 339 g/mol. The Bertz CT molecular complexity index is 321. The van der Waals surface area contributed by atoms with Crippen LogP contribution in [0.1, 0.15) is 116 Å². The molecule has 0 aromatic rings. The Morgan fingerprint density at radius 2 is 1.08 bits per heavy atom. The summed E-state index contributed by atoms with van der Waals surface area (Å²) in [6.07, 6.45) is 17.8. The van der Waals surface area contributed by atoms with E-state index in [2.05, 4.69) is 6.92 Å². The molecule has 0 aromatic carbocycles. The maximum absolute atomic E-state index is 11.6. The maximum Gasteiger partial charge on any atom is 1.00 e. The molecule has 5 heteroatoms. The van der Waals surface area contributed by atoms with E-state index in [1.165, 1.54) is 51.4 Å². The van der Waals surface area contributed by atoms with E-state index in [0.29, 0.717) is 19.4 Å². The minimum Gasteiger partial charge on any atom is -0.550 e. The summed E-state index contributed by atoms with van der Waals surface area (Å²) < 4.78 is 5.25. The van der Waals surface area contributed by atoms with Crippen LogP contribution in [0, 0.1) is 0 Å². The number of esters is 1. The average Bonchev–Trinajstić information content (AvgIpc) is 2.58. The van der Waals surface area contributed by atoms with Gasteiger partial charge in [0, 0.05) is 12.4 Å². The summed E-state index contributed by atoms with van der Waals surface area (Å²) in [4.78, 5) is 21.8. The van der Waals surface area contributed by atoms with E-state index >= 15 is 0 Å². The van der Waals surface area contributed by atoms with Gasteiger partial charge in [-0.2, -0.15) is 0 Å². The van der Waals surface area contributed by atoms with E-state index in [1.54, 1.807) is 0 Å². The zero-order valence-corrected chi connectivity index (χ0v) is 19.4. The topological polar surface area (TPSA) is 66.4 Å². The summed E-state index contributed by atoms with van der Waals surface area (Å²) >= 11 is 0. The van der Waals surface area contributed by atoms with Crippen molar-refractivity contribution < 1.29 is 49.0 Å². The monoisotopic (exact) mass is 378 g/mol. The predicted octanol–water partition coefficient (Wildman–Crippen LogP) is 1.94. The first-order chi connectivity index (χ1) is 12.2. The molecule has 0 amide bonds. The van der Waals surface area contributed by atoms with Crippen molar-refractivity contribution in [2.24, 2.45) is 0 Å². The average molecular weight is 379 g/mol. The molecule has 0 spiro atoms. The molecule has 0 aromatic heterocycles. The molecule has 148 valence electrons. The number of carboxylic acids is 1. The number of unbranched alkanes of at least 4 members (excludes halogenated alkanes) is 13. The van der Waals surface area contributed by atoms with Gasteiger partial charge in [0.1, 0.15) is 0 Å². The number of carbonyl (C=O) groups excluding carboxylic acids is 2.